The number of rotatable bonds is 9. The summed E-state index contributed by atoms with van der Waals surface area (Å²) in [5.41, 5.74) is 5.61. The molecule has 0 fully saturated rings. The molecule has 0 bridgehead atoms. The first-order valence-electron chi connectivity index (χ1n) is 13.2. The number of aryl methyl sites for hydroxylation is 1. The lowest BCUT2D eigenvalue weighted by atomic mass is 9.98. The SMILES string of the molecule is C=C(C)C=N.C=C(C)N=C(/C=C\C)c1ccc(CNC(=O)c2cnc(C(C)(C)C)s2)c(C)c1.CC[C@@H](C)NC.[HH]. The summed E-state index contributed by atoms with van der Waals surface area (Å²) >= 11 is 1.45. The van der Waals surface area contributed by atoms with Crippen LogP contribution in [-0.4, -0.2) is 35.9 Å². The Hall–Kier alpha value is -3.16. The smallest absolute Gasteiger partial charge is 0.263 e. The Morgan fingerprint density at radius 1 is 1.28 bits per heavy atom. The van der Waals surface area contributed by atoms with Crippen LogP contribution in [0.5, 0.6) is 0 Å². The van der Waals surface area contributed by atoms with E-state index in [0.717, 1.165) is 38.7 Å². The van der Waals surface area contributed by atoms with Gasteiger partial charge in [-0.1, -0.05) is 59.1 Å². The molecule has 2 rings (SSSR count). The van der Waals surface area contributed by atoms with Crippen LogP contribution in [0, 0.1) is 12.3 Å². The summed E-state index contributed by atoms with van der Waals surface area (Å²) in [6, 6.07) is 6.84. The van der Waals surface area contributed by atoms with E-state index in [1.54, 1.807) is 13.1 Å². The molecule has 216 valence electrons. The van der Waals surface area contributed by atoms with Crippen LogP contribution >= 0.6 is 11.3 Å². The lowest BCUT2D eigenvalue weighted by Gasteiger charge is -2.13. The third-order valence-corrected chi connectivity index (χ3v) is 6.86. The number of benzene rings is 1. The van der Waals surface area contributed by atoms with Crippen LogP contribution in [0.25, 0.3) is 0 Å². The van der Waals surface area contributed by atoms with Crippen LogP contribution < -0.4 is 10.6 Å². The van der Waals surface area contributed by atoms with Crippen molar-refractivity contribution in [2.45, 2.75) is 86.7 Å². The van der Waals surface area contributed by atoms with Gasteiger partial charge in [0.25, 0.3) is 5.91 Å². The normalized spacial score (nSPS) is 12.0. The van der Waals surface area contributed by atoms with Crippen LogP contribution in [0.4, 0.5) is 0 Å². The van der Waals surface area contributed by atoms with E-state index in [2.05, 4.69) is 74.5 Å². The molecule has 6 nitrogen and oxygen atoms in total. The molecule has 0 aliphatic carbocycles. The molecule has 39 heavy (non-hydrogen) atoms. The second-order valence-corrected chi connectivity index (χ2v) is 11.5. The second-order valence-electron chi connectivity index (χ2n) is 10.4. The van der Waals surface area contributed by atoms with E-state index in [1.165, 1.54) is 24.0 Å². The van der Waals surface area contributed by atoms with Gasteiger partial charge in [0.05, 0.1) is 16.9 Å². The Kier molecular flexibility index (Phi) is 16.7. The topological polar surface area (TPSA) is 90.2 Å². The maximum absolute atomic E-state index is 12.5. The molecule has 0 aliphatic rings. The predicted octanol–water partition coefficient (Wildman–Crippen LogP) is 8.04. The molecule has 0 saturated carbocycles. The number of hydrogen-bond donors (Lipinski definition) is 3. The van der Waals surface area contributed by atoms with Crippen LogP contribution in [0.3, 0.4) is 0 Å². The van der Waals surface area contributed by atoms with Crippen LogP contribution in [0.2, 0.25) is 0 Å². The van der Waals surface area contributed by atoms with E-state index in [9.17, 15) is 4.79 Å². The van der Waals surface area contributed by atoms with Gasteiger partial charge in [-0.15, -0.1) is 11.3 Å². The van der Waals surface area contributed by atoms with Gasteiger partial charge in [0, 0.05) is 36.9 Å². The van der Waals surface area contributed by atoms with E-state index < -0.39 is 0 Å². The summed E-state index contributed by atoms with van der Waals surface area (Å²) in [6.45, 7) is 26.1. The summed E-state index contributed by atoms with van der Waals surface area (Å²) in [7, 11) is 1.98. The van der Waals surface area contributed by atoms with E-state index >= 15 is 0 Å². The molecular formula is C32H51N5OS. The molecule has 1 aromatic carbocycles. The average molecular weight is 554 g/mol. The lowest BCUT2D eigenvalue weighted by molar-refractivity contribution is 0.0954. The zero-order valence-electron chi connectivity index (χ0n) is 25.7. The number of carbonyl (C=O) groups excluding carboxylic acids is 1. The minimum Gasteiger partial charge on any atom is -0.347 e. The summed E-state index contributed by atoms with van der Waals surface area (Å²) in [5.74, 6) is -0.0880. The number of nitrogens with one attached hydrogen (secondary N) is 3. The van der Waals surface area contributed by atoms with E-state index in [0.29, 0.717) is 17.5 Å². The molecule has 3 N–H and O–H groups in total. The van der Waals surface area contributed by atoms with E-state index in [1.807, 2.05) is 52.1 Å². The lowest BCUT2D eigenvalue weighted by Crippen LogP contribution is -2.22. The van der Waals surface area contributed by atoms with Crippen molar-refractivity contribution in [3.8, 4) is 0 Å². The van der Waals surface area contributed by atoms with Crippen molar-refractivity contribution in [3.05, 3.63) is 87.6 Å². The highest BCUT2D eigenvalue weighted by Crippen LogP contribution is 2.26. The quantitative estimate of drug-likeness (QED) is 0.274. The first-order valence-corrected chi connectivity index (χ1v) is 14.1. The summed E-state index contributed by atoms with van der Waals surface area (Å²) < 4.78 is 0. The van der Waals surface area contributed by atoms with Gasteiger partial charge in [-0.3, -0.25) is 9.79 Å². The number of hydrogen-bond acceptors (Lipinski definition) is 6. The number of thiazole rings is 1. The zero-order chi connectivity index (χ0) is 30.2. The molecule has 1 aromatic heterocycles. The predicted molar refractivity (Wildman–Crippen MR) is 174 cm³/mol. The Labute approximate surface area is 242 Å². The second kappa shape index (κ2) is 18.2. The van der Waals surface area contributed by atoms with Gasteiger partial charge < -0.3 is 16.0 Å². The molecular weight excluding hydrogens is 502 g/mol. The third kappa shape index (κ3) is 14.5. The molecule has 7 heteroatoms. The van der Waals surface area contributed by atoms with Crippen molar-refractivity contribution in [1.82, 2.24) is 15.6 Å². The molecule has 1 amide bonds. The van der Waals surface area contributed by atoms with Gasteiger partial charge in [-0.25, -0.2) is 4.98 Å². The fraction of sp³-hybridized carbons (Fsp3) is 0.438. The van der Waals surface area contributed by atoms with Crippen LogP contribution in [0.15, 0.2) is 66.0 Å². The fourth-order valence-electron chi connectivity index (χ4n) is 2.81. The number of amides is 1. The molecule has 1 atom stereocenters. The number of aliphatic imine (C=N–C) groups is 1. The van der Waals surface area contributed by atoms with Gasteiger partial charge in [-0.2, -0.15) is 0 Å². The monoisotopic (exact) mass is 553 g/mol. The molecule has 0 saturated heterocycles. The highest BCUT2D eigenvalue weighted by molar-refractivity contribution is 7.13. The first-order chi connectivity index (χ1) is 18.2. The van der Waals surface area contributed by atoms with Gasteiger partial charge in [0.1, 0.15) is 4.88 Å². The Balaban J connectivity index is 0. The fourth-order valence-corrected chi connectivity index (χ4v) is 3.70. The Morgan fingerprint density at radius 2 is 1.90 bits per heavy atom. The summed E-state index contributed by atoms with van der Waals surface area (Å²) in [4.78, 5) is 22.0. The van der Waals surface area contributed by atoms with Gasteiger partial charge >= 0.3 is 0 Å². The van der Waals surface area contributed by atoms with Crippen molar-refractivity contribution in [2.24, 2.45) is 4.99 Å². The summed E-state index contributed by atoms with van der Waals surface area (Å²) in [6.07, 6.45) is 8.04. The number of allylic oxidation sites excluding steroid dienone is 4. The number of carbonyl (C=O) groups is 1. The maximum atomic E-state index is 12.5. The number of nitrogens with zero attached hydrogens (tertiary/aromatic N) is 2. The minimum atomic E-state index is -0.0880. The highest BCUT2D eigenvalue weighted by atomic mass is 32.1. The van der Waals surface area contributed by atoms with Gasteiger partial charge in [-0.05, 0) is 76.9 Å². The van der Waals surface area contributed by atoms with Crippen molar-refractivity contribution < 1.29 is 6.22 Å². The largest absolute Gasteiger partial charge is 0.347 e. The zero-order valence-corrected chi connectivity index (χ0v) is 26.5. The highest BCUT2D eigenvalue weighted by Gasteiger charge is 2.20. The average Bonchev–Trinajstić information content (AvgIpc) is 3.39. The van der Waals surface area contributed by atoms with E-state index in [4.69, 9.17) is 5.41 Å². The van der Waals surface area contributed by atoms with Crippen molar-refractivity contribution in [1.29, 1.82) is 5.41 Å². The number of aromatic nitrogens is 1. The minimum absolute atomic E-state index is 0. The standard InChI is InChI=1S/C23H29N3OS.C5H13N.C4H7N.H2/c1-8-9-19(26-15(2)3)17-10-11-18(16(4)12-17)13-24-21(27)20-14-25-22(28-20)23(5,6)7;1-4-5(2)6-3;1-4(2)3-5;/h8-12,14H,2,13H2,1,3-7H3,(H,24,27);5-6H,4H2,1-3H3;3,5H,1H2,2H3;1H/b9-8-,26-19?;;;/t;5-;;/m.1../s1. The third-order valence-electron chi connectivity index (χ3n) is 5.44. The molecule has 0 spiro atoms. The van der Waals surface area contributed by atoms with E-state index in [-0.39, 0.29) is 12.7 Å². The van der Waals surface area contributed by atoms with Gasteiger partial charge in [0.2, 0.25) is 0 Å². The molecule has 2 aromatic rings. The molecule has 1 heterocycles. The van der Waals surface area contributed by atoms with Crippen LogP contribution in [0.1, 0.15) is 94.6 Å². The Bertz CT molecular complexity index is 1150. The van der Waals surface area contributed by atoms with Gasteiger partial charge in [0.15, 0.2) is 0 Å². The van der Waals surface area contributed by atoms with Crippen molar-refractivity contribution >= 4 is 29.2 Å². The van der Waals surface area contributed by atoms with Crippen LogP contribution in [-0.2, 0) is 12.0 Å². The summed E-state index contributed by atoms with van der Waals surface area (Å²) in [5, 5.41) is 13.5. The molecule has 0 unspecified atom stereocenters. The molecule has 0 aliphatic heterocycles. The van der Waals surface area contributed by atoms with Crippen molar-refractivity contribution in [3.63, 3.8) is 0 Å². The molecule has 0 radical (unpaired) electrons. The Morgan fingerprint density at radius 3 is 2.28 bits per heavy atom. The first kappa shape index (κ1) is 35.8. The van der Waals surface area contributed by atoms with Crippen molar-refractivity contribution in [2.75, 3.05) is 7.05 Å². The maximum Gasteiger partial charge on any atom is 0.263 e.